The Balaban J connectivity index is 2.20. The number of hydrogen-bond donors (Lipinski definition) is 2. The minimum Gasteiger partial charge on any atom is -0.317 e. The number of nitrogens with one attached hydrogen (secondary N) is 2. The highest BCUT2D eigenvalue weighted by atomic mass is 32.2. The summed E-state index contributed by atoms with van der Waals surface area (Å²) in [6.45, 7) is 5.13. The van der Waals surface area contributed by atoms with Crippen LogP contribution in [0.25, 0.3) is 0 Å². The summed E-state index contributed by atoms with van der Waals surface area (Å²) in [4.78, 5) is 0. The third-order valence-corrected chi connectivity index (χ3v) is 6.14. The van der Waals surface area contributed by atoms with Crippen LogP contribution in [0.1, 0.15) is 32.6 Å². The lowest BCUT2D eigenvalue weighted by atomic mass is 10.0. The van der Waals surface area contributed by atoms with Gasteiger partial charge < -0.3 is 5.32 Å². The third-order valence-electron chi connectivity index (χ3n) is 3.56. The van der Waals surface area contributed by atoms with Gasteiger partial charge in [-0.2, -0.15) is 24.5 Å². The second-order valence-electron chi connectivity index (χ2n) is 5.33. The van der Waals surface area contributed by atoms with Crippen LogP contribution in [0.4, 0.5) is 0 Å². The number of rotatable bonds is 10. The zero-order valence-corrected chi connectivity index (χ0v) is 14.4. The highest BCUT2D eigenvalue weighted by Crippen LogP contribution is 2.22. The van der Waals surface area contributed by atoms with Crippen LogP contribution in [0.2, 0.25) is 0 Å². The number of nitrogens with zero attached hydrogens (tertiary/aromatic N) is 1. The minimum absolute atomic E-state index is 0.505. The van der Waals surface area contributed by atoms with Gasteiger partial charge in [0.1, 0.15) is 0 Å². The maximum absolute atomic E-state index is 12.1. The van der Waals surface area contributed by atoms with E-state index >= 15 is 0 Å². The molecule has 0 amide bonds. The van der Waals surface area contributed by atoms with Gasteiger partial charge in [-0.25, -0.2) is 4.72 Å². The molecule has 1 aliphatic rings. The van der Waals surface area contributed by atoms with Crippen molar-refractivity contribution in [1.82, 2.24) is 14.3 Å². The Kier molecular flexibility index (Phi) is 9.11. The summed E-state index contributed by atoms with van der Waals surface area (Å²) in [5, 5.41) is 3.28. The molecule has 20 heavy (non-hydrogen) atoms. The lowest BCUT2D eigenvalue weighted by molar-refractivity contribution is 0.427. The molecule has 0 aliphatic carbocycles. The molecule has 0 unspecified atom stereocenters. The molecule has 1 fully saturated rings. The predicted octanol–water partition coefficient (Wildman–Crippen LogP) is 1.29. The summed E-state index contributed by atoms with van der Waals surface area (Å²) in [5.74, 6) is 2.82. The van der Waals surface area contributed by atoms with Crippen LogP contribution in [0.15, 0.2) is 0 Å². The van der Waals surface area contributed by atoms with Crippen molar-refractivity contribution in [2.75, 3.05) is 44.7 Å². The zero-order chi connectivity index (χ0) is 14.8. The third kappa shape index (κ3) is 7.26. The summed E-state index contributed by atoms with van der Waals surface area (Å²) in [7, 11) is -1.65. The largest absolute Gasteiger partial charge is 0.317 e. The van der Waals surface area contributed by atoms with Crippen molar-refractivity contribution in [2.45, 2.75) is 32.6 Å². The van der Waals surface area contributed by atoms with E-state index in [9.17, 15) is 8.42 Å². The smallest absolute Gasteiger partial charge is 0.279 e. The molecule has 120 valence electrons. The van der Waals surface area contributed by atoms with Gasteiger partial charge in [-0.1, -0.05) is 6.92 Å². The van der Waals surface area contributed by atoms with Crippen molar-refractivity contribution in [1.29, 1.82) is 0 Å². The molecule has 1 heterocycles. The van der Waals surface area contributed by atoms with Crippen LogP contribution < -0.4 is 10.0 Å². The lowest BCUT2D eigenvalue weighted by Gasteiger charge is -2.23. The molecule has 1 aliphatic heterocycles. The van der Waals surface area contributed by atoms with E-state index < -0.39 is 10.2 Å². The van der Waals surface area contributed by atoms with Gasteiger partial charge in [-0.15, -0.1) is 0 Å². The Morgan fingerprint density at radius 1 is 1.25 bits per heavy atom. The van der Waals surface area contributed by atoms with Crippen LogP contribution in [0, 0.1) is 5.92 Å². The first-order valence-corrected chi connectivity index (χ1v) is 10.1. The highest BCUT2D eigenvalue weighted by molar-refractivity contribution is 7.99. The lowest BCUT2D eigenvalue weighted by Crippen LogP contribution is -2.41. The molecule has 5 nitrogen and oxygen atoms in total. The first kappa shape index (κ1) is 18.2. The van der Waals surface area contributed by atoms with Gasteiger partial charge in [0.2, 0.25) is 0 Å². The Bertz CT molecular complexity index is 344. The van der Waals surface area contributed by atoms with Crippen LogP contribution >= 0.6 is 11.8 Å². The van der Waals surface area contributed by atoms with Gasteiger partial charge in [-0.05, 0) is 56.2 Å². The summed E-state index contributed by atoms with van der Waals surface area (Å²) in [6, 6.07) is 0. The van der Waals surface area contributed by atoms with Gasteiger partial charge in [0.25, 0.3) is 10.2 Å². The molecule has 0 aromatic carbocycles. The van der Waals surface area contributed by atoms with Crippen LogP contribution in [-0.4, -0.2) is 57.5 Å². The summed E-state index contributed by atoms with van der Waals surface area (Å²) in [6.07, 6.45) is 4.20. The second kappa shape index (κ2) is 10.00. The monoisotopic (exact) mass is 323 g/mol. The molecule has 0 bridgehead atoms. The van der Waals surface area contributed by atoms with E-state index in [1.165, 1.54) is 4.31 Å². The van der Waals surface area contributed by atoms with E-state index in [-0.39, 0.29) is 0 Å². The van der Waals surface area contributed by atoms with E-state index in [2.05, 4.69) is 17.0 Å². The predicted molar refractivity (Wildman–Crippen MR) is 87.4 cm³/mol. The van der Waals surface area contributed by atoms with Crippen molar-refractivity contribution in [3.63, 3.8) is 0 Å². The summed E-state index contributed by atoms with van der Waals surface area (Å²) >= 11 is 1.96. The Morgan fingerprint density at radius 2 is 1.95 bits per heavy atom. The van der Waals surface area contributed by atoms with Gasteiger partial charge in [-0.3, -0.25) is 0 Å². The topological polar surface area (TPSA) is 61.4 Å². The second-order valence-corrected chi connectivity index (χ2v) is 8.42. The standard InChI is InChI=1S/C13H29N3O2S2/c1-3-7-14-8-4-9-16(2)20(17,18)15-12-13-5-10-19-11-6-13/h13-15H,3-12H2,1-2H3. The molecule has 7 heteroatoms. The molecule has 1 rings (SSSR count). The molecule has 0 aromatic heterocycles. The van der Waals surface area contributed by atoms with E-state index in [4.69, 9.17) is 0 Å². The van der Waals surface area contributed by atoms with E-state index in [1.54, 1.807) is 7.05 Å². The molecule has 0 spiro atoms. The van der Waals surface area contributed by atoms with E-state index in [1.807, 2.05) is 11.8 Å². The highest BCUT2D eigenvalue weighted by Gasteiger charge is 2.20. The van der Waals surface area contributed by atoms with Gasteiger partial charge in [0.05, 0.1) is 0 Å². The summed E-state index contributed by atoms with van der Waals surface area (Å²) < 4.78 is 28.3. The van der Waals surface area contributed by atoms with Crippen LogP contribution in [-0.2, 0) is 10.2 Å². The molecule has 0 saturated carbocycles. The van der Waals surface area contributed by atoms with Crippen molar-refractivity contribution < 1.29 is 8.42 Å². The normalized spacial score (nSPS) is 17.8. The van der Waals surface area contributed by atoms with Crippen molar-refractivity contribution >= 4 is 22.0 Å². The molecular weight excluding hydrogens is 294 g/mol. The Morgan fingerprint density at radius 3 is 2.60 bits per heavy atom. The molecule has 1 saturated heterocycles. The SMILES string of the molecule is CCCNCCCN(C)S(=O)(=O)NCC1CCSCC1. The maximum atomic E-state index is 12.1. The van der Waals surface area contributed by atoms with Crippen LogP contribution in [0.5, 0.6) is 0 Å². The van der Waals surface area contributed by atoms with Crippen LogP contribution in [0.3, 0.4) is 0 Å². The zero-order valence-electron chi connectivity index (χ0n) is 12.7. The molecule has 0 aromatic rings. The van der Waals surface area contributed by atoms with Crippen molar-refractivity contribution in [3.8, 4) is 0 Å². The molecule has 2 N–H and O–H groups in total. The average Bonchev–Trinajstić information content (AvgIpc) is 2.46. The molecular formula is C13H29N3O2S2. The number of hydrogen-bond acceptors (Lipinski definition) is 4. The fraction of sp³-hybridized carbons (Fsp3) is 1.00. The van der Waals surface area contributed by atoms with E-state index in [0.29, 0.717) is 19.0 Å². The van der Waals surface area contributed by atoms with Gasteiger partial charge in [0.15, 0.2) is 0 Å². The molecule has 0 radical (unpaired) electrons. The Hall–Kier alpha value is 0.180. The Labute approximate surface area is 128 Å². The van der Waals surface area contributed by atoms with Crippen molar-refractivity contribution in [3.05, 3.63) is 0 Å². The molecule has 0 atom stereocenters. The van der Waals surface area contributed by atoms with Gasteiger partial charge in [0, 0.05) is 20.1 Å². The first-order valence-electron chi connectivity index (χ1n) is 7.55. The fourth-order valence-electron chi connectivity index (χ4n) is 2.13. The number of thioether (sulfide) groups is 1. The van der Waals surface area contributed by atoms with E-state index in [0.717, 1.165) is 50.3 Å². The van der Waals surface area contributed by atoms with Crippen molar-refractivity contribution in [2.24, 2.45) is 5.92 Å². The van der Waals surface area contributed by atoms with Gasteiger partial charge >= 0.3 is 0 Å². The minimum atomic E-state index is -3.30. The average molecular weight is 324 g/mol. The first-order chi connectivity index (χ1) is 9.56. The fourth-order valence-corrected chi connectivity index (χ4v) is 4.37. The quantitative estimate of drug-likeness (QED) is 0.595. The maximum Gasteiger partial charge on any atom is 0.279 e. The summed E-state index contributed by atoms with van der Waals surface area (Å²) in [5.41, 5.74) is 0.